The van der Waals surface area contributed by atoms with Gasteiger partial charge in [-0.3, -0.25) is 4.79 Å². The summed E-state index contributed by atoms with van der Waals surface area (Å²) in [6, 6.07) is 13.9. The number of carbonyl (C=O) groups is 2. The fraction of sp³-hybridized carbons (Fsp3) is 0.360. The van der Waals surface area contributed by atoms with Gasteiger partial charge in [-0.15, -0.1) is 0 Å². The Balaban J connectivity index is 1.36. The first-order valence-electron chi connectivity index (χ1n) is 11.0. The van der Waals surface area contributed by atoms with Crippen molar-refractivity contribution in [3.63, 3.8) is 0 Å². The Bertz CT molecular complexity index is 1130. The van der Waals surface area contributed by atoms with Crippen LogP contribution in [0.25, 0.3) is 11.0 Å². The van der Waals surface area contributed by atoms with Gasteiger partial charge in [-0.2, -0.15) is 0 Å². The molecule has 174 valence electrons. The number of hydrogen-bond acceptors (Lipinski definition) is 6. The standard InChI is InChI=1S/C25H27FN2O5/c1-17(2)31-15-19-18-7-3-6-10-22(18)33-24(19)25(30)32-16-23(29)28-13-11-27(12-14-28)21-9-5-4-8-20(21)26/h3-10,17H,11-16H2,1-2H3. The van der Waals surface area contributed by atoms with Crippen molar-refractivity contribution in [3.8, 4) is 0 Å². The first-order chi connectivity index (χ1) is 15.9. The zero-order chi connectivity index (χ0) is 23.4. The number of halogens is 1. The molecule has 4 rings (SSSR count). The van der Waals surface area contributed by atoms with Gasteiger partial charge < -0.3 is 23.7 Å². The summed E-state index contributed by atoms with van der Waals surface area (Å²) in [5.41, 5.74) is 1.69. The third kappa shape index (κ3) is 5.17. The van der Waals surface area contributed by atoms with Gasteiger partial charge in [0.05, 0.1) is 18.4 Å². The highest BCUT2D eigenvalue weighted by Gasteiger charge is 2.26. The second kappa shape index (κ2) is 10.0. The van der Waals surface area contributed by atoms with Gasteiger partial charge in [-0.05, 0) is 32.0 Å². The maximum absolute atomic E-state index is 14.0. The number of anilines is 1. The molecular formula is C25H27FN2O5. The van der Waals surface area contributed by atoms with Crippen LogP contribution in [0.3, 0.4) is 0 Å². The summed E-state index contributed by atoms with van der Waals surface area (Å²) in [7, 11) is 0. The maximum atomic E-state index is 14.0. The zero-order valence-electron chi connectivity index (χ0n) is 18.8. The Morgan fingerprint density at radius 3 is 2.45 bits per heavy atom. The van der Waals surface area contributed by atoms with Gasteiger partial charge in [0.2, 0.25) is 5.76 Å². The van der Waals surface area contributed by atoms with Crippen molar-refractivity contribution < 1.29 is 27.9 Å². The number of nitrogens with zero attached hydrogens (tertiary/aromatic N) is 2. The predicted octanol–water partition coefficient (Wildman–Crippen LogP) is 4.00. The molecule has 0 unspecified atom stereocenters. The second-order valence-corrected chi connectivity index (χ2v) is 8.16. The Morgan fingerprint density at radius 2 is 1.73 bits per heavy atom. The highest BCUT2D eigenvalue weighted by Crippen LogP contribution is 2.27. The molecule has 1 aromatic heterocycles. The van der Waals surface area contributed by atoms with E-state index in [0.717, 1.165) is 5.39 Å². The van der Waals surface area contributed by atoms with Crippen LogP contribution in [0.15, 0.2) is 52.9 Å². The van der Waals surface area contributed by atoms with Gasteiger partial charge >= 0.3 is 5.97 Å². The molecule has 7 nitrogen and oxygen atoms in total. The number of hydrogen-bond donors (Lipinski definition) is 0. The van der Waals surface area contributed by atoms with E-state index in [1.54, 1.807) is 29.2 Å². The monoisotopic (exact) mass is 454 g/mol. The summed E-state index contributed by atoms with van der Waals surface area (Å²) < 4.78 is 30.7. The summed E-state index contributed by atoms with van der Waals surface area (Å²) in [4.78, 5) is 28.9. The van der Waals surface area contributed by atoms with Crippen LogP contribution >= 0.6 is 0 Å². The molecule has 2 aromatic carbocycles. The second-order valence-electron chi connectivity index (χ2n) is 8.16. The van der Waals surface area contributed by atoms with Crippen molar-refractivity contribution >= 4 is 28.5 Å². The van der Waals surface area contributed by atoms with E-state index in [-0.39, 0.29) is 36.8 Å². The quantitative estimate of drug-likeness (QED) is 0.503. The minimum absolute atomic E-state index is 0.0212. The van der Waals surface area contributed by atoms with Crippen LogP contribution in [0.5, 0.6) is 0 Å². The van der Waals surface area contributed by atoms with Gasteiger partial charge in [0, 0.05) is 37.1 Å². The number of para-hydroxylation sites is 2. The molecule has 0 radical (unpaired) electrons. The molecule has 2 heterocycles. The fourth-order valence-corrected chi connectivity index (χ4v) is 3.85. The highest BCUT2D eigenvalue weighted by atomic mass is 19.1. The first kappa shape index (κ1) is 22.8. The molecule has 1 aliphatic heterocycles. The van der Waals surface area contributed by atoms with E-state index in [1.165, 1.54) is 6.07 Å². The molecule has 1 amide bonds. The van der Waals surface area contributed by atoms with E-state index in [4.69, 9.17) is 13.9 Å². The number of furan rings is 1. The van der Waals surface area contributed by atoms with E-state index in [1.807, 2.05) is 36.9 Å². The molecule has 1 aliphatic rings. The normalized spacial score (nSPS) is 14.2. The van der Waals surface area contributed by atoms with E-state index < -0.39 is 5.97 Å². The largest absolute Gasteiger partial charge is 0.450 e. The number of ether oxygens (including phenoxy) is 2. The van der Waals surface area contributed by atoms with Crippen molar-refractivity contribution in [2.45, 2.75) is 26.6 Å². The van der Waals surface area contributed by atoms with E-state index in [2.05, 4.69) is 0 Å². The number of piperazine rings is 1. The summed E-state index contributed by atoms with van der Waals surface area (Å²) in [6.45, 7) is 5.47. The van der Waals surface area contributed by atoms with E-state index in [9.17, 15) is 14.0 Å². The minimum atomic E-state index is -0.702. The van der Waals surface area contributed by atoms with Crippen LogP contribution in [0, 0.1) is 5.82 Å². The summed E-state index contributed by atoms with van der Waals surface area (Å²) in [5, 5.41) is 0.778. The average molecular weight is 454 g/mol. The smallest absolute Gasteiger partial charge is 0.375 e. The van der Waals surface area contributed by atoms with Gasteiger partial charge in [-0.1, -0.05) is 30.3 Å². The molecule has 8 heteroatoms. The van der Waals surface area contributed by atoms with E-state index >= 15 is 0 Å². The lowest BCUT2D eigenvalue weighted by Crippen LogP contribution is -2.50. The summed E-state index contributed by atoms with van der Waals surface area (Å²) in [5.74, 6) is -1.23. The predicted molar refractivity (Wildman–Crippen MR) is 122 cm³/mol. The van der Waals surface area contributed by atoms with Crippen molar-refractivity contribution in [1.82, 2.24) is 4.90 Å². The SMILES string of the molecule is CC(C)OCc1c(C(=O)OCC(=O)N2CCN(c3ccccc3F)CC2)oc2ccccc12. The van der Waals surface area contributed by atoms with Gasteiger partial charge in [0.15, 0.2) is 6.61 Å². The van der Waals surface area contributed by atoms with Crippen LogP contribution in [0.4, 0.5) is 10.1 Å². The summed E-state index contributed by atoms with van der Waals surface area (Å²) >= 11 is 0. The minimum Gasteiger partial charge on any atom is -0.450 e. The average Bonchev–Trinajstić information content (AvgIpc) is 3.20. The van der Waals surface area contributed by atoms with Crippen molar-refractivity contribution in [2.75, 3.05) is 37.7 Å². The van der Waals surface area contributed by atoms with Crippen LogP contribution in [-0.4, -0.2) is 55.7 Å². The third-order valence-corrected chi connectivity index (χ3v) is 5.60. The number of carbonyl (C=O) groups excluding carboxylic acids is 2. The van der Waals surface area contributed by atoms with Crippen LogP contribution < -0.4 is 4.90 Å². The highest BCUT2D eigenvalue weighted by molar-refractivity contribution is 5.96. The van der Waals surface area contributed by atoms with Gasteiger partial charge in [0.1, 0.15) is 11.4 Å². The van der Waals surface area contributed by atoms with Crippen LogP contribution in [0.1, 0.15) is 30.0 Å². The zero-order valence-corrected chi connectivity index (χ0v) is 18.8. The Labute approximate surface area is 191 Å². The lowest BCUT2D eigenvalue weighted by atomic mass is 10.1. The Kier molecular flexibility index (Phi) is 6.93. The molecule has 1 fully saturated rings. The number of benzene rings is 2. The first-order valence-corrected chi connectivity index (χ1v) is 11.0. The fourth-order valence-electron chi connectivity index (χ4n) is 3.85. The Hall–Kier alpha value is -3.39. The molecule has 33 heavy (non-hydrogen) atoms. The molecule has 0 atom stereocenters. The number of amides is 1. The lowest BCUT2D eigenvalue weighted by molar-refractivity contribution is -0.134. The van der Waals surface area contributed by atoms with Gasteiger partial charge in [0.25, 0.3) is 5.91 Å². The van der Waals surface area contributed by atoms with Crippen molar-refractivity contribution in [1.29, 1.82) is 0 Å². The molecular weight excluding hydrogens is 427 g/mol. The lowest BCUT2D eigenvalue weighted by Gasteiger charge is -2.36. The van der Waals surface area contributed by atoms with E-state index in [0.29, 0.717) is 43.0 Å². The molecule has 0 aliphatic carbocycles. The van der Waals surface area contributed by atoms with Crippen molar-refractivity contribution in [2.24, 2.45) is 0 Å². The summed E-state index contributed by atoms with van der Waals surface area (Å²) in [6.07, 6.45) is -0.0212. The number of fused-ring (bicyclic) bond motifs is 1. The topological polar surface area (TPSA) is 72.2 Å². The number of rotatable bonds is 7. The van der Waals surface area contributed by atoms with Crippen molar-refractivity contribution in [3.05, 3.63) is 65.7 Å². The Morgan fingerprint density at radius 1 is 1.03 bits per heavy atom. The molecule has 0 bridgehead atoms. The van der Waals surface area contributed by atoms with Gasteiger partial charge in [-0.25, -0.2) is 9.18 Å². The molecule has 0 N–H and O–H groups in total. The molecule has 3 aromatic rings. The molecule has 0 saturated carbocycles. The van der Waals surface area contributed by atoms with Crippen LogP contribution in [0.2, 0.25) is 0 Å². The van der Waals surface area contributed by atoms with Crippen LogP contribution in [-0.2, 0) is 20.9 Å². The number of esters is 1. The molecule has 1 saturated heterocycles. The maximum Gasteiger partial charge on any atom is 0.375 e. The molecule has 0 spiro atoms. The third-order valence-electron chi connectivity index (χ3n) is 5.60.